The standard InChI is InChI=1S/C11H14O/c1-11(2)7-10(12)8-5-3-4-6-9(8)11/h3-4,6,8H,5,7H2,1-2H3. The van der Waals surface area contributed by atoms with E-state index < -0.39 is 0 Å². The Hall–Kier alpha value is -0.850. The van der Waals surface area contributed by atoms with Crippen molar-refractivity contribution in [2.75, 3.05) is 0 Å². The number of rotatable bonds is 0. The topological polar surface area (TPSA) is 17.1 Å². The van der Waals surface area contributed by atoms with E-state index in [-0.39, 0.29) is 11.3 Å². The summed E-state index contributed by atoms with van der Waals surface area (Å²) < 4.78 is 0. The first-order valence-corrected chi connectivity index (χ1v) is 4.51. The molecule has 0 amide bonds. The molecule has 0 bridgehead atoms. The third kappa shape index (κ3) is 0.961. The molecule has 1 nitrogen and oxygen atoms in total. The van der Waals surface area contributed by atoms with E-state index in [1.54, 1.807) is 0 Å². The van der Waals surface area contributed by atoms with Gasteiger partial charge in [-0.3, -0.25) is 4.79 Å². The zero-order chi connectivity index (χ0) is 8.77. The second-order valence-electron chi connectivity index (χ2n) is 4.37. The largest absolute Gasteiger partial charge is 0.299 e. The van der Waals surface area contributed by atoms with Gasteiger partial charge in [0.15, 0.2) is 0 Å². The van der Waals surface area contributed by atoms with Gasteiger partial charge in [-0.1, -0.05) is 37.6 Å². The van der Waals surface area contributed by atoms with Crippen LogP contribution in [-0.4, -0.2) is 5.78 Å². The third-order valence-electron chi connectivity index (χ3n) is 2.95. The van der Waals surface area contributed by atoms with Crippen molar-refractivity contribution < 1.29 is 4.79 Å². The quantitative estimate of drug-likeness (QED) is 0.535. The van der Waals surface area contributed by atoms with Crippen LogP contribution in [0.5, 0.6) is 0 Å². The summed E-state index contributed by atoms with van der Waals surface area (Å²) in [6.07, 6.45) is 7.94. The maximum atomic E-state index is 11.5. The molecular weight excluding hydrogens is 148 g/mol. The summed E-state index contributed by atoms with van der Waals surface area (Å²) in [6.45, 7) is 4.33. The van der Waals surface area contributed by atoms with E-state index in [9.17, 15) is 4.79 Å². The van der Waals surface area contributed by atoms with Crippen LogP contribution in [0, 0.1) is 11.3 Å². The Morgan fingerprint density at radius 3 is 2.92 bits per heavy atom. The molecular formula is C11H14O. The minimum absolute atomic E-state index is 0.118. The van der Waals surface area contributed by atoms with Gasteiger partial charge in [0.25, 0.3) is 0 Å². The summed E-state index contributed by atoms with van der Waals surface area (Å²) in [7, 11) is 0. The summed E-state index contributed by atoms with van der Waals surface area (Å²) in [5.74, 6) is 0.639. The van der Waals surface area contributed by atoms with Crippen LogP contribution in [0.2, 0.25) is 0 Å². The minimum atomic E-state index is 0.118. The molecule has 0 heterocycles. The molecule has 1 unspecified atom stereocenters. The van der Waals surface area contributed by atoms with E-state index in [2.05, 4.69) is 32.1 Å². The van der Waals surface area contributed by atoms with Crippen LogP contribution in [0.1, 0.15) is 26.7 Å². The number of hydrogen-bond donors (Lipinski definition) is 0. The van der Waals surface area contributed by atoms with Gasteiger partial charge in [-0.25, -0.2) is 0 Å². The molecule has 0 spiro atoms. The smallest absolute Gasteiger partial charge is 0.141 e. The van der Waals surface area contributed by atoms with Crippen LogP contribution >= 0.6 is 0 Å². The molecule has 2 aliphatic carbocycles. The lowest BCUT2D eigenvalue weighted by Gasteiger charge is -2.22. The highest BCUT2D eigenvalue weighted by molar-refractivity contribution is 5.89. The molecule has 0 aromatic rings. The molecule has 0 radical (unpaired) electrons. The van der Waals surface area contributed by atoms with Gasteiger partial charge < -0.3 is 0 Å². The Labute approximate surface area is 73.2 Å². The second kappa shape index (κ2) is 2.32. The van der Waals surface area contributed by atoms with E-state index in [1.807, 2.05) is 0 Å². The second-order valence-corrected chi connectivity index (χ2v) is 4.37. The SMILES string of the molecule is CC1(C)CC(=O)C2CC=CC=C21. The van der Waals surface area contributed by atoms with Gasteiger partial charge in [0.2, 0.25) is 0 Å². The van der Waals surface area contributed by atoms with E-state index in [0.717, 1.165) is 12.8 Å². The minimum Gasteiger partial charge on any atom is -0.299 e. The van der Waals surface area contributed by atoms with Crippen molar-refractivity contribution in [2.45, 2.75) is 26.7 Å². The molecule has 1 heteroatoms. The van der Waals surface area contributed by atoms with Gasteiger partial charge in [0, 0.05) is 12.3 Å². The third-order valence-corrected chi connectivity index (χ3v) is 2.95. The zero-order valence-electron chi connectivity index (χ0n) is 7.63. The van der Waals surface area contributed by atoms with Crippen molar-refractivity contribution in [3.8, 4) is 0 Å². The molecule has 0 aromatic heterocycles. The maximum Gasteiger partial charge on any atom is 0.141 e. The summed E-state index contributed by atoms with van der Waals surface area (Å²) in [5.41, 5.74) is 1.46. The molecule has 1 fully saturated rings. The summed E-state index contributed by atoms with van der Waals surface area (Å²) in [6, 6.07) is 0. The van der Waals surface area contributed by atoms with Gasteiger partial charge in [-0.2, -0.15) is 0 Å². The van der Waals surface area contributed by atoms with Crippen LogP contribution in [0.4, 0.5) is 0 Å². The lowest BCUT2D eigenvalue weighted by molar-refractivity contribution is -0.120. The molecule has 1 saturated carbocycles. The molecule has 0 aliphatic heterocycles. The normalized spacial score (nSPS) is 31.7. The molecule has 0 saturated heterocycles. The fourth-order valence-electron chi connectivity index (χ4n) is 2.29. The fourth-order valence-corrected chi connectivity index (χ4v) is 2.29. The Morgan fingerprint density at radius 1 is 1.50 bits per heavy atom. The molecule has 0 aromatic carbocycles. The Morgan fingerprint density at radius 2 is 2.25 bits per heavy atom. The van der Waals surface area contributed by atoms with Crippen molar-refractivity contribution >= 4 is 5.78 Å². The van der Waals surface area contributed by atoms with Crippen molar-refractivity contribution in [1.29, 1.82) is 0 Å². The van der Waals surface area contributed by atoms with Gasteiger partial charge >= 0.3 is 0 Å². The van der Waals surface area contributed by atoms with Crippen LogP contribution in [0.15, 0.2) is 23.8 Å². The molecule has 64 valence electrons. The van der Waals surface area contributed by atoms with E-state index in [4.69, 9.17) is 0 Å². The number of Topliss-reactive ketones (excluding diaryl/α,β-unsaturated/α-hetero) is 1. The summed E-state index contributed by atoms with van der Waals surface area (Å²) >= 11 is 0. The van der Waals surface area contributed by atoms with Crippen LogP contribution in [-0.2, 0) is 4.79 Å². The van der Waals surface area contributed by atoms with Crippen LogP contribution in [0.3, 0.4) is 0 Å². The Kier molecular flexibility index (Phi) is 1.50. The van der Waals surface area contributed by atoms with Crippen molar-refractivity contribution in [2.24, 2.45) is 11.3 Å². The number of hydrogen-bond acceptors (Lipinski definition) is 1. The predicted octanol–water partition coefficient (Wildman–Crippen LogP) is 2.49. The molecule has 2 aliphatic rings. The lowest BCUT2D eigenvalue weighted by atomic mass is 9.82. The Bertz CT molecular complexity index is 281. The van der Waals surface area contributed by atoms with Gasteiger partial charge in [0.1, 0.15) is 5.78 Å². The molecule has 12 heavy (non-hydrogen) atoms. The number of allylic oxidation sites excluding steroid dienone is 4. The first-order valence-electron chi connectivity index (χ1n) is 4.51. The van der Waals surface area contributed by atoms with E-state index in [0.29, 0.717) is 5.78 Å². The number of carbonyl (C=O) groups excluding carboxylic acids is 1. The average Bonchev–Trinajstić information content (AvgIpc) is 2.25. The number of fused-ring (bicyclic) bond motifs is 1. The van der Waals surface area contributed by atoms with Crippen molar-refractivity contribution in [1.82, 2.24) is 0 Å². The van der Waals surface area contributed by atoms with Crippen molar-refractivity contribution in [3.05, 3.63) is 23.8 Å². The lowest BCUT2D eigenvalue weighted by Crippen LogP contribution is -2.12. The highest BCUT2D eigenvalue weighted by Crippen LogP contribution is 2.46. The zero-order valence-corrected chi connectivity index (χ0v) is 7.63. The monoisotopic (exact) mass is 162 g/mol. The molecule has 0 N–H and O–H groups in total. The predicted molar refractivity (Wildman–Crippen MR) is 48.7 cm³/mol. The van der Waals surface area contributed by atoms with E-state index >= 15 is 0 Å². The van der Waals surface area contributed by atoms with Gasteiger partial charge in [-0.05, 0) is 11.8 Å². The van der Waals surface area contributed by atoms with Gasteiger partial charge in [0.05, 0.1) is 0 Å². The first kappa shape index (κ1) is 7.78. The number of carbonyl (C=O) groups is 1. The summed E-state index contributed by atoms with van der Waals surface area (Å²) in [5, 5.41) is 0. The van der Waals surface area contributed by atoms with Crippen LogP contribution in [0.25, 0.3) is 0 Å². The van der Waals surface area contributed by atoms with Crippen molar-refractivity contribution in [3.63, 3.8) is 0 Å². The highest BCUT2D eigenvalue weighted by atomic mass is 16.1. The fraction of sp³-hybridized carbons (Fsp3) is 0.545. The molecule has 2 rings (SSSR count). The highest BCUT2D eigenvalue weighted by Gasteiger charge is 2.42. The first-order chi connectivity index (χ1) is 5.61. The van der Waals surface area contributed by atoms with Crippen LogP contribution < -0.4 is 0 Å². The van der Waals surface area contributed by atoms with E-state index in [1.165, 1.54) is 5.57 Å². The number of ketones is 1. The summed E-state index contributed by atoms with van der Waals surface area (Å²) in [4.78, 5) is 11.5. The molecule has 1 atom stereocenters. The average molecular weight is 162 g/mol. The Balaban J connectivity index is 2.42. The maximum absolute atomic E-state index is 11.5. The van der Waals surface area contributed by atoms with Gasteiger partial charge in [-0.15, -0.1) is 0 Å².